The molecule has 0 unspecified atom stereocenters. The molecule has 4 aliphatic rings. The van der Waals surface area contributed by atoms with Gasteiger partial charge in [0.2, 0.25) is 11.5 Å². The first-order valence-electron chi connectivity index (χ1n) is 15.4. The lowest BCUT2D eigenvalue weighted by molar-refractivity contribution is -0.946. The van der Waals surface area contributed by atoms with E-state index >= 15 is 0 Å². The monoisotopic (exact) mass is 618 g/mol. The number of carboxylic acid groups (broad SMARTS) is 1. The number of halogens is 3. The van der Waals surface area contributed by atoms with E-state index in [2.05, 4.69) is 5.32 Å². The molecule has 1 atom stereocenters. The maximum absolute atomic E-state index is 13.7. The number of carboxylic acids is 1. The van der Waals surface area contributed by atoms with E-state index in [0.29, 0.717) is 23.6 Å². The highest BCUT2D eigenvalue weighted by Gasteiger charge is 2.50. The Balaban J connectivity index is 0.000000566. The molecule has 4 fully saturated rings. The Labute approximate surface area is 255 Å². The molecule has 11 heteroatoms. The van der Waals surface area contributed by atoms with Crippen LogP contribution in [-0.2, 0) is 24.7 Å². The van der Waals surface area contributed by atoms with Gasteiger partial charge in [-0.25, -0.2) is 4.79 Å². The lowest BCUT2D eigenvalue weighted by atomic mass is 9.82. The van der Waals surface area contributed by atoms with E-state index in [4.69, 9.17) is 14.6 Å². The number of ether oxygens (including phenoxy) is 1. The molecule has 1 amide bonds. The van der Waals surface area contributed by atoms with Crippen LogP contribution < -0.4 is 10.4 Å². The number of carbonyl (C=O) groups is 3. The van der Waals surface area contributed by atoms with Crippen molar-refractivity contribution in [3.8, 4) is 0 Å². The Kier molecular flexibility index (Phi) is 11.1. The molecule has 3 aliphatic heterocycles. The molecule has 0 aromatic heterocycles. The van der Waals surface area contributed by atoms with Crippen molar-refractivity contribution >= 4 is 17.8 Å². The summed E-state index contributed by atoms with van der Waals surface area (Å²) in [5, 5.41) is 23.8. The Morgan fingerprint density at radius 3 is 1.91 bits per heavy atom. The second-order valence-electron chi connectivity index (χ2n) is 12.2. The van der Waals surface area contributed by atoms with Crippen LogP contribution in [-0.4, -0.2) is 72.4 Å². The summed E-state index contributed by atoms with van der Waals surface area (Å²) in [6.07, 6.45) is 3.24. The molecule has 44 heavy (non-hydrogen) atoms. The van der Waals surface area contributed by atoms with Crippen LogP contribution in [0.2, 0.25) is 0 Å². The van der Waals surface area contributed by atoms with Crippen LogP contribution in [0.15, 0.2) is 60.7 Å². The highest BCUT2D eigenvalue weighted by molar-refractivity contribution is 5.85. The van der Waals surface area contributed by atoms with E-state index < -0.39 is 23.7 Å². The third kappa shape index (κ3) is 8.18. The SMILES string of the molecule is O=C(NCCC[N+]12CCC(CC1)[C@@H](OC(=O)C(O)(c1ccccc1)c1ccccc1)C2)C1CCCCC1.O=C([O-])C(F)(F)F. The first-order chi connectivity index (χ1) is 20.9. The number of rotatable bonds is 9. The van der Waals surface area contributed by atoms with Crippen LogP contribution in [0.25, 0.3) is 0 Å². The molecule has 2 bridgehead atoms. The third-order valence-electron chi connectivity index (χ3n) is 9.29. The highest BCUT2D eigenvalue weighted by Crippen LogP contribution is 2.38. The van der Waals surface area contributed by atoms with Gasteiger partial charge in [0.1, 0.15) is 12.5 Å². The number of carbonyl (C=O) groups excluding carboxylic acids is 3. The first kappa shape index (κ1) is 33.5. The van der Waals surface area contributed by atoms with Crippen LogP contribution in [0.1, 0.15) is 62.5 Å². The molecule has 0 radical (unpaired) electrons. The van der Waals surface area contributed by atoms with Crippen LogP contribution in [0.5, 0.6) is 0 Å². The summed E-state index contributed by atoms with van der Waals surface area (Å²) in [5.41, 5.74) is -0.807. The Morgan fingerprint density at radius 2 is 1.41 bits per heavy atom. The smallest absolute Gasteiger partial charge is 0.430 e. The van der Waals surface area contributed by atoms with Crippen molar-refractivity contribution in [1.29, 1.82) is 0 Å². The number of nitrogens with zero attached hydrogens (tertiary/aromatic N) is 1. The quantitative estimate of drug-likeness (QED) is 0.253. The number of nitrogens with one attached hydrogen (secondary N) is 1. The van der Waals surface area contributed by atoms with Gasteiger partial charge in [0, 0.05) is 37.6 Å². The number of hydrogen-bond acceptors (Lipinski definition) is 6. The summed E-state index contributed by atoms with van der Waals surface area (Å²) < 4.78 is 38.7. The molecule has 6 rings (SSSR count). The molecule has 1 aliphatic carbocycles. The highest BCUT2D eigenvalue weighted by atomic mass is 19.4. The lowest BCUT2D eigenvalue weighted by Crippen LogP contribution is -2.65. The zero-order chi connectivity index (χ0) is 31.8. The number of hydrogen-bond donors (Lipinski definition) is 2. The van der Waals surface area contributed by atoms with Gasteiger partial charge in [-0.2, -0.15) is 13.2 Å². The number of aliphatic hydroxyl groups is 1. The summed E-state index contributed by atoms with van der Waals surface area (Å²) >= 11 is 0. The largest absolute Gasteiger partial charge is 0.542 e. The fraction of sp³-hybridized carbons (Fsp3) is 0.545. The Bertz CT molecular complexity index is 1200. The van der Waals surface area contributed by atoms with Gasteiger partial charge in [0.25, 0.3) is 0 Å². The van der Waals surface area contributed by atoms with Crippen molar-refractivity contribution in [3.63, 3.8) is 0 Å². The normalized spacial score (nSPS) is 23.6. The number of aliphatic carboxylic acids is 1. The van der Waals surface area contributed by atoms with E-state index in [0.717, 1.165) is 62.8 Å². The standard InChI is InChI=1S/C31H40N2O4.C2HF3O2/c34-29(25-11-4-1-5-12-25)32-19-10-20-33-21-17-24(18-22-33)28(23-33)37-30(35)31(36,26-13-6-2-7-14-26)27-15-8-3-9-16-27;3-2(4,5)1(6)7/h2-3,6-9,13-16,24-25,28,36H,1,4-5,10-12,17-23H2;(H,6,7)/t24?,28-,33?;/m0./s1. The van der Waals surface area contributed by atoms with Crippen molar-refractivity contribution in [2.45, 2.75) is 69.2 Å². The maximum Gasteiger partial charge on any atom is 0.430 e. The summed E-state index contributed by atoms with van der Waals surface area (Å²) in [6, 6.07) is 18.2. The van der Waals surface area contributed by atoms with E-state index in [1.165, 1.54) is 19.3 Å². The van der Waals surface area contributed by atoms with Gasteiger partial charge in [-0.05, 0) is 24.0 Å². The average Bonchev–Trinajstić information content (AvgIpc) is 3.04. The predicted molar refractivity (Wildman–Crippen MR) is 153 cm³/mol. The van der Waals surface area contributed by atoms with Gasteiger partial charge >= 0.3 is 12.1 Å². The Morgan fingerprint density at radius 1 is 0.886 bits per heavy atom. The third-order valence-corrected chi connectivity index (χ3v) is 9.29. The van der Waals surface area contributed by atoms with E-state index in [1.54, 1.807) is 24.3 Å². The van der Waals surface area contributed by atoms with E-state index in [9.17, 15) is 27.9 Å². The molecule has 3 saturated heterocycles. The number of amides is 1. The molecule has 8 nitrogen and oxygen atoms in total. The second-order valence-corrected chi connectivity index (χ2v) is 12.2. The van der Waals surface area contributed by atoms with Crippen LogP contribution >= 0.6 is 0 Å². The molecule has 0 spiro atoms. The number of piperidine rings is 3. The lowest BCUT2D eigenvalue weighted by Gasteiger charge is -2.52. The second kappa shape index (κ2) is 14.6. The molecular formula is C33H41F3N2O6. The first-order valence-corrected chi connectivity index (χ1v) is 15.4. The number of benzene rings is 2. The predicted octanol–water partition coefficient (Wildman–Crippen LogP) is 3.46. The minimum Gasteiger partial charge on any atom is -0.542 e. The summed E-state index contributed by atoms with van der Waals surface area (Å²) in [5.74, 6) is -2.84. The van der Waals surface area contributed by atoms with Crippen molar-refractivity contribution in [2.75, 3.05) is 32.7 Å². The maximum atomic E-state index is 13.7. The number of fused-ring (bicyclic) bond motifs is 3. The molecule has 240 valence electrons. The van der Waals surface area contributed by atoms with E-state index in [-0.39, 0.29) is 17.9 Å². The summed E-state index contributed by atoms with van der Waals surface area (Å²) in [6.45, 7) is 4.67. The van der Waals surface area contributed by atoms with Crippen molar-refractivity contribution in [3.05, 3.63) is 71.8 Å². The Hall–Kier alpha value is -3.44. The van der Waals surface area contributed by atoms with Crippen molar-refractivity contribution < 1.29 is 47.0 Å². The topological polar surface area (TPSA) is 116 Å². The number of quaternary nitrogens is 1. The van der Waals surface area contributed by atoms with Gasteiger partial charge < -0.3 is 29.5 Å². The molecule has 2 aromatic rings. The average molecular weight is 619 g/mol. The molecule has 2 aromatic carbocycles. The van der Waals surface area contributed by atoms with Crippen LogP contribution in [0, 0.1) is 11.8 Å². The van der Waals surface area contributed by atoms with Gasteiger partial charge in [-0.3, -0.25) is 4.79 Å². The van der Waals surface area contributed by atoms with Gasteiger partial charge in [-0.15, -0.1) is 0 Å². The van der Waals surface area contributed by atoms with Crippen LogP contribution in [0.4, 0.5) is 13.2 Å². The summed E-state index contributed by atoms with van der Waals surface area (Å²) in [7, 11) is 0. The fourth-order valence-electron chi connectivity index (χ4n) is 6.79. The molecule has 3 heterocycles. The minimum absolute atomic E-state index is 0.197. The molecular weight excluding hydrogens is 577 g/mol. The fourth-order valence-corrected chi connectivity index (χ4v) is 6.79. The van der Waals surface area contributed by atoms with Gasteiger partial charge in [0.15, 0.2) is 6.10 Å². The minimum atomic E-state index is -5.19. The van der Waals surface area contributed by atoms with Gasteiger partial charge in [-0.1, -0.05) is 79.9 Å². The zero-order valence-corrected chi connectivity index (χ0v) is 24.8. The van der Waals surface area contributed by atoms with Crippen molar-refractivity contribution in [1.82, 2.24) is 5.32 Å². The van der Waals surface area contributed by atoms with Crippen LogP contribution in [0.3, 0.4) is 0 Å². The van der Waals surface area contributed by atoms with E-state index in [1.807, 2.05) is 36.4 Å². The van der Waals surface area contributed by atoms with Crippen molar-refractivity contribution in [2.24, 2.45) is 11.8 Å². The number of alkyl halides is 3. The zero-order valence-electron chi connectivity index (χ0n) is 24.8. The molecule has 2 N–H and O–H groups in total. The van der Waals surface area contributed by atoms with Gasteiger partial charge in [0.05, 0.1) is 19.6 Å². The summed E-state index contributed by atoms with van der Waals surface area (Å²) in [4.78, 5) is 35.0. The number of esters is 1. The molecule has 1 saturated carbocycles.